The van der Waals surface area contributed by atoms with Crippen LogP contribution in [0.3, 0.4) is 0 Å². The molecular formula is C50H56O4S3. The van der Waals surface area contributed by atoms with Gasteiger partial charge in [0.15, 0.2) is 11.2 Å². The minimum absolute atomic E-state index is 0.250. The van der Waals surface area contributed by atoms with Gasteiger partial charge in [-0.15, -0.1) is 34.0 Å². The van der Waals surface area contributed by atoms with Crippen LogP contribution in [-0.4, -0.2) is 20.4 Å². The zero-order valence-corrected chi connectivity index (χ0v) is 37.7. The lowest BCUT2D eigenvalue weighted by atomic mass is 9.75. The molecule has 7 heteroatoms. The molecule has 4 aromatic carbocycles. The number of phenols is 2. The first-order valence-electron chi connectivity index (χ1n) is 19.6. The van der Waals surface area contributed by atoms with E-state index in [1.165, 1.54) is 11.3 Å². The van der Waals surface area contributed by atoms with E-state index in [4.69, 9.17) is 0 Å². The molecule has 7 aromatic rings. The first-order chi connectivity index (χ1) is 26.3. The third-order valence-electron chi connectivity index (χ3n) is 11.2. The smallest absolute Gasteiger partial charge is 0.158 e. The maximum Gasteiger partial charge on any atom is 0.158 e. The quantitative estimate of drug-likeness (QED) is 0.135. The molecule has 0 saturated carbocycles. The highest BCUT2D eigenvalue weighted by molar-refractivity contribution is 7.20. The van der Waals surface area contributed by atoms with Gasteiger partial charge >= 0.3 is 0 Å². The molecule has 3 heterocycles. The number of rotatable bonds is 6. The molecular weight excluding hydrogens is 761 g/mol. The summed E-state index contributed by atoms with van der Waals surface area (Å²) in [6, 6.07) is 32.3. The van der Waals surface area contributed by atoms with Gasteiger partial charge < -0.3 is 20.4 Å². The number of thiophene rings is 3. The average Bonchev–Trinajstić information content (AvgIpc) is 3.88. The van der Waals surface area contributed by atoms with Gasteiger partial charge in [0.1, 0.15) is 11.5 Å². The number of phenolic OH excluding ortho intramolecular Hbond substituents is 2. The summed E-state index contributed by atoms with van der Waals surface area (Å²) >= 11 is 4.50. The highest BCUT2D eigenvalue weighted by Crippen LogP contribution is 2.53. The lowest BCUT2D eigenvalue weighted by molar-refractivity contribution is 0.132. The Hall–Kier alpha value is -3.98. The number of aromatic hydroxyl groups is 2. The summed E-state index contributed by atoms with van der Waals surface area (Å²) in [4.78, 5) is 2.81. The molecule has 4 nitrogen and oxygen atoms in total. The van der Waals surface area contributed by atoms with Crippen LogP contribution in [-0.2, 0) is 32.9 Å². The van der Waals surface area contributed by atoms with Crippen LogP contribution in [0.2, 0.25) is 0 Å². The summed E-state index contributed by atoms with van der Waals surface area (Å²) in [5.41, 5.74) is -0.580. The number of hydrogen-bond donors (Lipinski definition) is 4. The largest absolute Gasteiger partial charge is 0.507 e. The van der Waals surface area contributed by atoms with Gasteiger partial charge in [0.2, 0.25) is 0 Å². The van der Waals surface area contributed by atoms with Crippen LogP contribution < -0.4 is 0 Å². The Morgan fingerprint density at radius 2 is 0.667 bits per heavy atom. The van der Waals surface area contributed by atoms with E-state index in [0.717, 1.165) is 52.2 Å². The van der Waals surface area contributed by atoms with E-state index in [2.05, 4.69) is 119 Å². The Morgan fingerprint density at radius 1 is 0.368 bits per heavy atom. The zero-order valence-electron chi connectivity index (χ0n) is 35.3. The minimum atomic E-state index is -1.64. The number of fused-ring (bicyclic) bond motifs is 2. The molecule has 0 aliphatic rings. The van der Waals surface area contributed by atoms with E-state index in [9.17, 15) is 20.4 Å². The summed E-state index contributed by atoms with van der Waals surface area (Å²) < 4.78 is 2.12. The SMILES string of the molecule is CC(C)(C)c1cc(C(O)(c2ccc(C(O)(c3cc(C(C)(C)C)c(O)c(C(C)(C)C)c3)c3cc4ccccc4s3)s2)c2cc3ccccc3s2)cc(C(C)(C)C)c1O. The van der Waals surface area contributed by atoms with Crippen LogP contribution in [0.4, 0.5) is 0 Å². The summed E-state index contributed by atoms with van der Waals surface area (Å²) in [7, 11) is 0. The molecule has 0 aliphatic carbocycles. The predicted octanol–water partition coefficient (Wildman–Crippen LogP) is 13.3. The van der Waals surface area contributed by atoms with Crippen molar-refractivity contribution in [1.82, 2.24) is 0 Å². The van der Waals surface area contributed by atoms with Crippen molar-refractivity contribution in [2.24, 2.45) is 0 Å². The van der Waals surface area contributed by atoms with Gasteiger partial charge in [-0.1, -0.05) is 119 Å². The topological polar surface area (TPSA) is 80.9 Å². The molecule has 4 N–H and O–H groups in total. The Labute approximate surface area is 350 Å². The monoisotopic (exact) mass is 816 g/mol. The van der Waals surface area contributed by atoms with Crippen LogP contribution in [0, 0.1) is 0 Å². The lowest BCUT2D eigenvalue weighted by Gasteiger charge is -2.34. The Kier molecular flexibility index (Phi) is 9.98. The zero-order chi connectivity index (χ0) is 41.7. The van der Waals surface area contributed by atoms with Crippen molar-refractivity contribution in [2.45, 2.75) is 116 Å². The first-order valence-corrected chi connectivity index (χ1v) is 22.1. The van der Waals surface area contributed by atoms with Crippen molar-refractivity contribution in [2.75, 3.05) is 0 Å². The molecule has 0 amide bonds. The first kappa shape index (κ1) is 41.2. The second-order valence-electron chi connectivity index (χ2n) is 19.7. The van der Waals surface area contributed by atoms with E-state index >= 15 is 0 Å². The van der Waals surface area contributed by atoms with Crippen molar-refractivity contribution in [3.05, 3.63) is 150 Å². The average molecular weight is 817 g/mol. The lowest BCUT2D eigenvalue weighted by Crippen LogP contribution is -2.30. The van der Waals surface area contributed by atoms with E-state index in [0.29, 0.717) is 20.9 Å². The van der Waals surface area contributed by atoms with Gasteiger partial charge in [-0.2, -0.15) is 0 Å². The fraction of sp³-hybridized carbons (Fsp3) is 0.360. The molecule has 0 saturated heterocycles. The predicted molar refractivity (Wildman–Crippen MR) is 243 cm³/mol. The Balaban J connectivity index is 1.56. The third-order valence-corrected chi connectivity index (χ3v) is 14.9. The Morgan fingerprint density at radius 3 is 0.947 bits per heavy atom. The number of aliphatic hydroxyl groups is 2. The molecule has 0 spiro atoms. The minimum Gasteiger partial charge on any atom is -0.507 e. The van der Waals surface area contributed by atoms with Crippen LogP contribution in [0.1, 0.15) is 136 Å². The van der Waals surface area contributed by atoms with Crippen molar-refractivity contribution in [1.29, 1.82) is 0 Å². The molecule has 0 radical (unpaired) electrons. The fourth-order valence-electron chi connectivity index (χ4n) is 7.83. The number of benzene rings is 4. The summed E-state index contributed by atoms with van der Waals surface area (Å²) in [6.07, 6.45) is 0. The molecule has 3 aromatic heterocycles. The van der Waals surface area contributed by atoms with Crippen molar-refractivity contribution in [3.8, 4) is 11.5 Å². The van der Waals surface area contributed by atoms with E-state index < -0.39 is 32.9 Å². The highest BCUT2D eigenvalue weighted by atomic mass is 32.1. The molecule has 2 unspecified atom stereocenters. The summed E-state index contributed by atoms with van der Waals surface area (Å²) in [5.74, 6) is 0.500. The standard InChI is InChI=1S/C50H56O4S3/c1-45(2,3)33-25-31(26-34(43(33)51)46(4,5)6)49(53,41-23-29-17-13-15-19-37(29)55-41)39-21-22-40(57-39)50(54,42-24-30-18-14-16-20-38(30)56-42)32-27-35(47(7,8)9)44(52)36(28-32)48(10,11)12/h13-28,51-54H,1-12H3. The van der Waals surface area contributed by atoms with E-state index in [1.807, 2.05) is 60.7 Å². The molecule has 298 valence electrons. The molecule has 2 atom stereocenters. The second-order valence-corrected chi connectivity index (χ2v) is 23.0. The number of hydrogen-bond acceptors (Lipinski definition) is 7. The third kappa shape index (κ3) is 7.14. The van der Waals surface area contributed by atoms with Crippen molar-refractivity contribution in [3.63, 3.8) is 0 Å². The maximum atomic E-state index is 13.7. The molecule has 0 bridgehead atoms. The van der Waals surface area contributed by atoms with Crippen LogP contribution in [0.25, 0.3) is 20.2 Å². The van der Waals surface area contributed by atoms with Gasteiger partial charge in [-0.3, -0.25) is 0 Å². The van der Waals surface area contributed by atoms with Crippen molar-refractivity contribution >= 4 is 54.2 Å². The van der Waals surface area contributed by atoms with Gasteiger partial charge in [0, 0.05) is 28.9 Å². The summed E-state index contributed by atoms with van der Waals surface area (Å²) in [6.45, 7) is 25.0. The van der Waals surface area contributed by atoms with Crippen LogP contribution in [0.15, 0.2) is 97.1 Å². The highest BCUT2D eigenvalue weighted by Gasteiger charge is 2.44. The molecule has 0 aliphatic heterocycles. The van der Waals surface area contributed by atoms with E-state index in [1.54, 1.807) is 22.7 Å². The van der Waals surface area contributed by atoms with Crippen LogP contribution in [0.5, 0.6) is 11.5 Å². The molecule has 0 fully saturated rings. The van der Waals surface area contributed by atoms with Gasteiger partial charge in [-0.25, -0.2) is 0 Å². The molecule has 57 heavy (non-hydrogen) atoms. The normalized spacial score (nSPS) is 15.3. The van der Waals surface area contributed by atoms with Crippen molar-refractivity contribution < 1.29 is 20.4 Å². The van der Waals surface area contributed by atoms with E-state index in [-0.39, 0.29) is 11.5 Å². The van der Waals surface area contributed by atoms with Gasteiger partial charge in [0.05, 0.1) is 0 Å². The summed E-state index contributed by atoms with van der Waals surface area (Å²) in [5, 5.41) is 53.0. The second kappa shape index (κ2) is 13.8. The fourth-order valence-corrected chi connectivity index (χ4v) is 11.6. The Bertz CT molecular complexity index is 2310. The maximum absolute atomic E-state index is 13.7. The van der Waals surface area contributed by atoms with Gasteiger partial charge in [-0.05, 0) is 126 Å². The van der Waals surface area contributed by atoms with Gasteiger partial charge in [0.25, 0.3) is 0 Å². The molecule has 7 rings (SSSR count). The van der Waals surface area contributed by atoms with Crippen LogP contribution >= 0.6 is 34.0 Å².